The van der Waals surface area contributed by atoms with E-state index in [9.17, 15) is 4.79 Å². The number of ether oxygens (including phenoxy) is 1. The predicted octanol–water partition coefficient (Wildman–Crippen LogP) is 3.93. The summed E-state index contributed by atoms with van der Waals surface area (Å²) in [4.78, 5) is 12.1. The molecule has 0 spiro atoms. The van der Waals surface area contributed by atoms with E-state index in [0.717, 1.165) is 5.56 Å². The normalized spacial score (nSPS) is 11.4. The van der Waals surface area contributed by atoms with Gasteiger partial charge in [0, 0.05) is 10.7 Å². The van der Waals surface area contributed by atoms with Gasteiger partial charge in [-0.25, -0.2) is 0 Å². The second-order valence-electron chi connectivity index (χ2n) is 4.85. The summed E-state index contributed by atoms with van der Waals surface area (Å²) in [5, 5.41) is 12.1. The highest BCUT2D eigenvalue weighted by atomic mass is 35.5. The topological polar surface area (TPSA) is 62.1 Å². The molecule has 0 aliphatic carbocycles. The van der Waals surface area contributed by atoms with E-state index in [1.807, 2.05) is 19.1 Å². The van der Waals surface area contributed by atoms with Gasteiger partial charge in [0.15, 0.2) is 6.10 Å². The van der Waals surface area contributed by atoms with Gasteiger partial charge in [0.05, 0.1) is 11.6 Å². The number of carbonyl (C=O) groups is 1. The zero-order chi connectivity index (χ0) is 16.1. The van der Waals surface area contributed by atoms with Crippen LogP contribution in [0, 0.1) is 18.3 Å². The lowest BCUT2D eigenvalue weighted by Gasteiger charge is -2.15. The van der Waals surface area contributed by atoms with Crippen LogP contribution in [0.1, 0.15) is 18.1 Å². The van der Waals surface area contributed by atoms with Crippen molar-refractivity contribution in [3.8, 4) is 11.8 Å². The molecular weight excluding hydrogens is 300 g/mol. The van der Waals surface area contributed by atoms with Gasteiger partial charge in [-0.05, 0) is 55.8 Å². The van der Waals surface area contributed by atoms with Crippen LogP contribution in [0.3, 0.4) is 0 Å². The van der Waals surface area contributed by atoms with Crippen molar-refractivity contribution in [2.45, 2.75) is 20.0 Å². The first-order valence-electron chi connectivity index (χ1n) is 6.73. The van der Waals surface area contributed by atoms with Crippen molar-refractivity contribution in [2.75, 3.05) is 5.32 Å². The van der Waals surface area contributed by atoms with Gasteiger partial charge in [-0.15, -0.1) is 0 Å². The molecule has 0 aliphatic heterocycles. The zero-order valence-corrected chi connectivity index (χ0v) is 13.0. The molecule has 0 bridgehead atoms. The summed E-state index contributed by atoms with van der Waals surface area (Å²) in [6, 6.07) is 13.9. The predicted molar refractivity (Wildman–Crippen MR) is 86.1 cm³/mol. The second kappa shape index (κ2) is 6.97. The first-order chi connectivity index (χ1) is 10.5. The summed E-state index contributed by atoms with van der Waals surface area (Å²) in [6.07, 6.45) is -0.673. The smallest absolute Gasteiger partial charge is 0.265 e. The number of rotatable bonds is 4. The van der Waals surface area contributed by atoms with Crippen LogP contribution >= 0.6 is 11.6 Å². The van der Waals surface area contributed by atoms with E-state index in [0.29, 0.717) is 22.0 Å². The van der Waals surface area contributed by atoms with Crippen molar-refractivity contribution in [3.63, 3.8) is 0 Å². The average Bonchev–Trinajstić information content (AvgIpc) is 2.51. The number of benzene rings is 2. The fourth-order valence-corrected chi connectivity index (χ4v) is 1.96. The van der Waals surface area contributed by atoms with Gasteiger partial charge in [-0.1, -0.05) is 17.7 Å². The molecule has 1 amide bonds. The Labute approximate surface area is 134 Å². The van der Waals surface area contributed by atoms with Crippen molar-refractivity contribution in [1.82, 2.24) is 0 Å². The average molecular weight is 315 g/mol. The molecule has 0 fully saturated rings. The van der Waals surface area contributed by atoms with Crippen molar-refractivity contribution in [1.29, 1.82) is 5.26 Å². The molecule has 0 saturated heterocycles. The maximum atomic E-state index is 12.1. The number of hydrogen-bond acceptors (Lipinski definition) is 3. The lowest BCUT2D eigenvalue weighted by molar-refractivity contribution is -0.122. The summed E-state index contributed by atoms with van der Waals surface area (Å²) in [5.41, 5.74) is 2.11. The molecule has 1 atom stereocenters. The summed E-state index contributed by atoms with van der Waals surface area (Å²) >= 11 is 6.03. The van der Waals surface area contributed by atoms with E-state index in [1.165, 1.54) is 0 Å². The third-order valence-corrected chi connectivity index (χ3v) is 3.51. The van der Waals surface area contributed by atoms with Crippen LogP contribution in [0.15, 0.2) is 42.5 Å². The van der Waals surface area contributed by atoms with Gasteiger partial charge in [0.2, 0.25) is 0 Å². The van der Waals surface area contributed by atoms with Crippen LogP contribution < -0.4 is 10.1 Å². The first kappa shape index (κ1) is 15.9. The molecule has 0 saturated carbocycles. The molecule has 2 aromatic carbocycles. The third-order valence-electron chi connectivity index (χ3n) is 3.10. The molecule has 5 heteroatoms. The molecular formula is C17H15ClN2O2. The largest absolute Gasteiger partial charge is 0.481 e. The number of amides is 1. The monoisotopic (exact) mass is 314 g/mol. The quantitative estimate of drug-likeness (QED) is 0.930. The van der Waals surface area contributed by atoms with Gasteiger partial charge in [-0.2, -0.15) is 5.26 Å². The van der Waals surface area contributed by atoms with E-state index < -0.39 is 6.10 Å². The van der Waals surface area contributed by atoms with Crippen molar-refractivity contribution in [2.24, 2.45) is 0 Å². The van der Waals surface area contributed by atoms with E-state index in [2.05, 4.69) is 5.32 Å². The van der Waals surface area contributed by atoms with E-state index in [4.69, 9.17) is 21.6 Å². The minimum absolute atomic E-state index is 0.274. The highest BCUT2D eigenvalue weighted by molar-refractivity contribution is 6.31. The highest BCUT2D eigenvalue weighted by Gasteiger charge is 2.15. The number of nitrogens with zero attached hydrogens (tertiary/aromatic N) is 1. The fraction of sp³-hybridized carbons (Fsp3) is 0.176. The standard InChI is InChI=1S/C17H15ClN2O2/c1-11-3-6-14(9-16(11)18)20-17(21)12(2)22-15-7-4-13(10-19)5-8-15/h3-9,12H,1-2H3,(H,20,21). The molecule has 0 radical (unpaired) electrons. The molecule has 1 unspecified atom stereocenters. The number of hydrogen-bond donors (Lipinski definition) is 1. The highest BCUT2D eigenvalue weighted by Crippen LogP contribution is 2.20. The number of nitrogens with one attached hydrogen (secondary N) is 1. The Hall–Kier alpha value is -2.51. The van der Waals surface area contributed by atoms with E-state index in [-0.39, 0.29) is 5.91 Å². The van der Waals surface area contributed by atoms with Gasteiger partial charge in [0.1, 0.15) is 5.75 Å². The van der Waals surface area contributed by atoms with Crippen molar-refractivity contribution < 1.29 is 9.53 Å². The van der Waals surface area contributed by atoms with Gasteiger partial charge >= 0.3 is 0 Å². The Morgan fingerprint density at radius 3 is 2.55 bits per heavy atom. The Morgan fingerprint density at radius 2 is 1.95 bits per heavy atom. The molecule has 2 rings (SSSR count). The maximum absolute atomic E-state index is 12.1. The number of halogens is 1. The van der Waals surface area contributed by atoms with E-state index in [1.54, 1.807) is 43.3 Å². The first-order valence-corrected chi connectivity index (χ1v) is 7.11. The van der Waals surface area contributed by atoms with Crippen LogP contribution in [0.5, 0.6) is 5.75 Å². The third kappa shape index (κ3) is 4.00. The Kier molecular flexibility index (Phi) is 5.03. The molecule has 0 aromatic heterocycles. The van der Waals surface area contributed by atoms with Crippen LogP contribution in [0.2, 0.25) is 5.02 Å². The van der Waals surface area contributed by atoms with Gasteiger partial charge < -0.3 is 10.1 Å². The Morgan fingerprint density at radius 1 is 1.27 bits per heavy atom. The Balaban J connectivity index is 1.99. The summed E-state index contributed by atoms with van der Waals surface area (Å²) in [7, 11) is 0. The van der Waals surface area contributed by atoms with Crippen LogP contribution in [-0.2, 0) is 4.79 Å². The van der Waals surface area contributed by atoms with Gasteiger partial charge in [-0.3, -0.25) is 4.79 Å². The van der Waals surface area contributed by atoms with Gasteiger partial charge in [0.25, 0.3) is 5.91 Å². The summed E-state index contributed by atoms with van der Waals surface area (Å²) < 4.78 is 5.55. The summed E-state index contributed by atoms with van der Waals surface area (Å²) in [6.45, 7) is 3.55. The molecule has 112 valence electrons. The number of carbonyl (C=O) groups excluding carboxylic acids is 1. The molecule has 0 aliphatic rings. The number of anilines is 1. The molecule has 1 N–H and O–H groups in total. The van der Waals surface area contributed by atoms with Crippen LogP contribution in [0.4, 0.5) is 5.69 Å². The SMILES string of the molecule is Cc1ccc(NC(=O)C(C)Oc2ccc(C#N)cc2)cc1Cl. The second-order valence-corrected chi connectivity index (χ2v) is 5.26. The minimum Gasteiger partial charge on any atom is -0.481 e. The Bertz CT molecular complexity index is 720. The lowest BCUT2D eigenvalue weighted by Crippen LogP contribution is -2.30. The zero-order valence-electron chi connectivity index (χ0n) is 12.3. The fourth-order valence-electron chi connectivity index (χ4n) is 1.78. The number of nitriles is 1. The van der Waals surface area contributed by atoms with Crippen LogP contribution in [-0.4, -0.2) is 12.0 Å². The van der Waals surface area contributed by atoms with Crippen LogP contribution in [0.25, 0.3) is 0 Å². The lowest BCUT2D eigenvalue weighted by atomic mass is 10.2. The van der Waals surface area contributed by atoms with Crippen molar-refractivity contribution >= 4 is 23.2 Å². The number of aryl methyl sites for hydroxylation is 1. The molecule has 4 nitrogen and oxygen atoms in total. The maximum Gasteiger partial charge on any atom is 0.265 e. The molecule has 22 heavy (non-hydrogen) atoms. The van der Waals surface area contributed by atoms with E-state index >= 15 is 0 Å². The summed E-state index contributed by atoms with van der Waals surface area (Å²) in [5.74, 6) is 0.257. The molecule has 0 heterocycles. The molecule has 2 aromatic rings. The minimum atomic E-state index is -0.673. The van der Waals surface area contributed by atoms with Crippen molar-refractivity contribution in [3.05, 3.63) is 58.6 Å².